The van der Waals surface area contributed by atoms with Gasteiger partial charge in [-0.1, -0.05) is 13.0 Å². The summed E-state index contributed by atoms with van der Waals surface area (Å²) in [5, 5.41) is 5.83. The van der Waals surface area contributed by atoms with E-state index < -0.39 is 0 Å². The predicted octanol–water partition coefficient (Wildman–Crippen LogP) is 2.75. The van der Waals surface area contributed by atoms with Gasteiger partial charge in [-0.2, -0.15) is 0 Å². The zero-order chi connectivity index (χ0) is 16.1. The van der Waals surface area contributed by atoms with E-state index in [2.05, 4.69) is 55.5 Å². The molecule has 4 nitrogen and oxygen atoms in total. The van der Waals surface area contributed by atoms with Crippen molar-refractivity contribution < 1.29 is 4.79 Å². The molecule has 5 heteroatoms. The maximum Gasteiger partial charge on any atom is 0.273 e. The van der Waals surface area contributed by atoms with Gasteiger partial charge in [-0.25, -0.2) is 0 Å². The molecule has 22 heavy (non-hydrogen) atoms. The number of hydrogen-bond donors (Lipinski definition) is 2. The summed E-state index contributed by atoms with van der Waals surface area (Å²) in [5.74, 6) is 0.319. The van der Waals surface area contributed by atoms with Crippen LogP contribution in [0.2, 0.25) is 0 Å². The zero-order valence-corrected chi connectivity index (χ0v) is 14.2. The molecule has 1 aromatic carbocycles. The number of nitrogens with one attached hydrogen (secondary N) is 2. The molecule has 1 saturated heterocycles. The number of fused-ring (bicyclic) bond motifs is 1. The van der Waals surface area contributed by atoms with Gasteiger partial charge in [-0.05, 0) is 67.7 Å². The number of thiocarbonyl (C=S) groups is 1. The Morgan fingerprint density at radius 1 is 1.36 bits per heavy atom. The third-order valence-electron chi connectivity index (χ3n) is 4.69. The van der Waals surface area contributed by atoms with Gasteiger partial charge in [0.1, 0.15) is 5.70 Å². The molecule has 0 unspecified atom stereocenters. The normalized spacial score (nSPS) is 25.0. The lowest BCUT2D eigenvalue weighted by atomic mass is 9.80. The lowest BCUT2D eigenvalue weighted by Gasteiger charge is -2.45. The van der Waals surface area contributed by atoms with E-state index >= 15 is 0 Å². The van der Waals surface area contributed by atoms with Gasteiger partial charge in [-0.15, -0.1) is 0 Å². The van der Waals surface area contributed by atoms with Crippen molar-refractivity contribution in [3.8, 4) is 0 Å². The molecule has 0 aliphatic carbocycles. The molecule has 0 bridgehead atoms. The summed E-state index contributed by atoms with van der Waals surface area (Å²) in [6.07, 6.45) is 2.96. The third kappa shape index (κ3) is 2.50. The molecule has 2 N–H and O–H groups in total. The van der Waals surface area contributed by atoms with Crippen molar-refractivity contribution in [2.75, 3.05) is 11.9 Å². The Labute approximate surface area is 136 Å². The number of nitrogens with zero attached hydrogens (tertiary/aromatic N) is 1. The van der Waals surface area contributed by atoms with Crippen LogP contribution in [0.3, 0.4) is 0 Å². The Morgan fingerprint density at radius 2 is 2.09 bits per heavy atom. The number of rotatable bonds is 1. The quantitative estimate of drug-likeness (QED) is 0.618. The molecule has 2 aliphatic heterocycles. The topological polar surface area (TPSA) is 44.4 Å². The van der Waals surface area contributed by atoms with Crippen LogP contribution in [-0.4, -0.2) is 23.6 Å². The molecular formula is C17H21N3OS. The first-order chi connectivity index (χ1) is 10.3. The summed E-state index contributed by atoms with van der Waals surface area (Å²) in [7, 11) is 2.15. The molecule has 2 heterocycles. The number of benzene rings is 1. The van der Waals surface area contributed by atoms with Crippen molar-refractivity contribution in [3.63, 3.8) is 0 Å². The Morgan fingerprint density at radius 3 is 2.73 bits per heavy atom. The van der Waals surface area contributed by atoms with Crippen molar-refractivity contribution in [3.05, 3.63) is 35.0 Å². The highest BCUT2D eigenvalue weighted by Crippen LogP contribution is 2.42. The minimum Gasteiger partial charge on any atom is -0.369 e. The summed E-state index contributed by atoms with van der Waals surface area (Å²) in [5.41, 5.74) is 4.27. The van der Waals surface area contributed by atoms with Crippen LogP contribution in [-0.2, 0) is 4.79 Å². The molecule has 116 valence electrons. The van der Waals surface area contributed by atoms with E-state index in [9.17, 15) is 4.79 Å². The number of carbonyl (C=O) groups excluding carboxylic acids is 1. The predicted molar refractivity (Wildman–Crippen MR) is 93.8 cm³/mol. The Bertz CT molecular complexity index is 693. The second-order valence-corrected chi connectivity index (χ2v) is 7.17. The van der Waals surface area contributed by atoms with E-state index in [4.69, 9.17) is 12.2 Å². The number of carbonyl (C=O) groups is 1. The van der Waals surface area contributed by atoms with Gasteiger partial charge < -0.3 is 10.2 Å². The van der Waals surface area contributed by atoms with Gasteiger partial charge in [-0.3, -0.25) is 10.1 Å². The lowest BCUT2D eigenvalue weighted by molar-refractivity contribution is -0.115. The second kappa shape index (κ2) is 5.09. The monoisotopic (exact) mass is 315 g/mol. The molecule has 0 spiro atoms. The fourth-order valence-electron chi connectivity index (χ4n) is 3.33. The average molecular weight is 315 g/mol. The molecule has 0 radical (unpaired) electrons. The van der Waals surface area contributed by atoms with Crippen LogP contribution in [0, 0.1) is 0 Å². The maximum atomic E-state index is 11.7. The Kier molecular flexibility index (Phi) is 3.48. The average Bonchev–Trinajstić information content (AvgIpc) is 2.74. The van der Waals surface area contributed by atoms with Crippen LogP contribution in [0.5, 0.6) is 0 Å². The van der Waals surface area contributed by atoms with Gasteiger partial charge in [0, 0.05) is 18.3 Å². The SMILES string of the molecule is C[C@@H]1CC(C)(C)N(C)c2ccc(/C=C3/NC(=S)NC3=O)cc21. The Balaban J connectivity index is 1.98. The molecule has 1 fully saturated rings. The van der Waals surface area contributed by atoms with E-state index in [0.717, 1.165) is 12.0 Å². The standard InChI is InChI=1S/C17H21N3OS/c1-10-9-17(2,3)20(4)14-6-5-11(7-12(10)14)8-13-15(21)19-16(22)18-13/h5-8,10H,9H2,1-4H3,(H2,18,19,21,22)/b13-8+/t10-/m1/s1. The van der Waals surface area contributed by atoms with Gasteiger partial charge >= 0.3 is 0 Å². The van der Waals surface area contributed by atoms with Gasteiger partial charge in [0.15, 0.2) is 5.11 Å². The van der Waals surface area contributed by atoms with Gasteiger partial charge in [0.05, 0.1) is 0 Å². The zero-order valence-electron chi connectivity index (χ0n) is 13.4. The third-order valence-corrected chi connectivity index (χ3v) is 4.89. The fourth-order valence-corrected chi connectivity index (χ4v) is 3.54. The van der Waals surface area contributed by atoms with E-state index in [1.165, 1.54) is 11.3 Å². The molecule has 0 saturated carbocycles. The lowest BCUT2D eigenvalue weighted by Crippen LogP contribution is -2.45. The maximum absolute atomic E-state index is 11.7. The van der Waals surface area contributed by atoms with Crippen LogP contribution >= 0.6 is 12.2 Å². The van der Waals surface area contributed by atoms with Crippen LogP contribution in [0.25, 0.3) is 6.08 Å². The highest BCUT2D eigenvalue weighted by molar-refractivity contribution is 7.80. The minimum absolute atomic E-state index is 0.158. The molecule has 3 rings (SSSR count). The smallest absolute Gasteiger partial charge is 0.273 e. The van der Waals surface area contributed by atoms with Crippen LogP contribution in [0.15, 0.2) is 23.9 Å². The number of anilines is 1. The van der Waals surface area contributed by atoms with E-state index in [1.807, 2.05) is 12.1 Å². The Hall–Kier alpha value is -1.88. The van der Waals surface area contributed by atoms with Crippen molar-refractivity contribution in [2.45, 2.75) is 38.6 Å². The van der Waals surface area contributed by atoms with E-state index in [-0.39, 0.29) is 11.4 Å². The second-order valence-electron chi connectivity index (χ2n) is 6.76. The summed E-state index contributed by atoms with van der Waals surface area (Å²) < 4.78 is 0. The van der Waals surface area contributed by atoms with Crippen molar-refractivity contribution >= 4 is 35.0 Å². The first-order valence-electron chi connectivity index (χ1n) is 7.50. The molecule has 0 aromatic heterocycles. The summed E-state index contributed by atoms with van der Waals surface area (Å²) in [4.78, 5) is 14.1. The largest absolute Gasteiger partial charge is 0.369 e. The first kappa shape index (κ1) is 15.0. The summed E-state index contributed by atoms with van der Waals surface area (Å²) >= 11 is 4.96. The molecular weight excluding hydrogens is 294 g/mol. The summed E-state index contributed by atoms with van der Waals surface area (Å²) in [6, 6.07) is 6.37. The first-order valence-corrected chi connectivity index (χ1v) is 7.90. The van der Waals surface area contributed by atoms with E-state index in [1.54, 1.807) is 0 Å². The van der Waals surface area contributed by atoms with Gasteiger partial charge in [0.2, 0.25) is 0 Å². The molecule has 2 aliphatic rings. The fraction of sp³-hybridized carbons (Fsp3) is 0.412. The number of hydrogen-bond acceptors (Lipinski definition) is 3. The molecule has 1 aromatic rings. The van der Waals surface area contributed by atoms with Crippen LogP contribution in [0.1, 0.15) is 44.2 Å². The van der Waals surface area contributed by atoms with Crippen molar-refractivity contribution in [1.29, 1.82) is 0 Å². The molecule has 1 atom stereocenters. The number of amides is 1. The minimum atomic E-state index is -0.172. The van der Waals surface area contributed by atoms with Gasteiger partial charge in [0.25, 0.3) is 5.91 Å². The van der Waals surface area contributed by atoms with Crippen molar-refractivity contribution in [1.82, 2.24) is 10.6 Å². The summed E-state index contributed by atoms with van der Waals surface area (Å²) in [6.45, 7) is 6.81. The highest BCUT2D eigenvalue weighted by atomic mass is 32.1. The van der Waals surface area contributed by atoms with Crippen molar-refractivity contribution in [2.24, 2.45) is 0 Å². The van der Waals surface area contributed by atoms with E-state index in [0.29, 0.717) is 16.7 Å². The van der Waals surface area contributed by atoms with Crippen LogP contribution in [0.4, 0.5) is 5.69 Å². The van der Waals surface area contributed by atoms with Crippen LogP contribution < -0.4 is 15.5 Å². The molecule has 1 amide bonds. The highest BCUT2D eigenvalue weighted by Gasteiger charge is 2.34.